The van der Waals surface area contributed by atoms with Crippen LogP contribution in [0.5, 0.6) is 6.01 Å². The first-order valence-corrected chi connectivity index (χ1v) is 12.0. The molecule has 0 saturated carbocycles. The van der Waals surface area contributed by atoms with Crippen LogP contribution in [-0.2, 0) is 10.3 Å². The topological polar surface area (TPSA) is 108 Å². The second-order valence-corrected chi connectivity index (χ2v) is 9.80. The fraction of sp³-hybridized carbons (Fsp3) is 0.321. The maximum Gasteiger partial charge on any atom is 0.295 e. The average Bonchev–Trinajstić information content (AvgIpc) is 3.26. The van der Waals surface area contributed by atoms with E-state index in [1.807, 2.05) is 24.3 Å². The molecule has 4 N–H and O–H groups in total. The summed E-state index contributed by atoms with van der Waals surface area (Å²) >= 11 is 0. The molecule has 0 spiro atoms. The number of hydrogen-bond donors (Lipinski definition) is 4. The lowest BCUT2D eigenvalue weighted by atomic mass is 9.94. The van der Waals surface area contributed by atoms with Gasteiger partial charge in [0.05, 0.1) is 36.0 Å². The van der Waals surface area contributed by atoms with E-state index in [0.29, 0.717) is 5.56 Å². The zero-order valence-corrected chi connectivity index (χ0v) is 20.4. The Hall–Kier alpha value is -3.37. The highest BCUT2D eigenvalue weighted by molar-refractivity contribution is 5.84. The average molecular weight is 511 g/mol. The van der Waals surface area contributed by atoms with Crippen LogP contribution in [0.15, 0.2) is 54.6 Å². The molecule has 1 fully saturated rings. The molecule has 0 amide bonds. The van der Waals surface area contributed by atoms with Crippen molar-refractivity contribution in [1.29, 1.82) is 0 Å². The molecule has 37 heavy (non-hydrogen) atoms. The van der Waals surface area contributed by atoms with Gasteiger partial charge < -0.3 is 29.8 Å². The highest BCUT2D eigenvalue weighted by Gasteiger charge is 2.31. The van der Waals surface area contributed by atoms with E-state index in [1.165, 1.54) is 6.07 Å². The van der Waals surface area contributed by atoms with Crippen LogP contribution < -0.4 is 4.74 Å². The summed E-state index contributed by atoms with van der Waals surface area (Å²) in [6.07, 6.45) is -1.94. The summed E-state index contributed by atoms with van der Waals surface area (Å²) < 4.78 is 41.5. The summed E-state index contributed by atoms with van der Waals surface area (Å²) in [7, 11) is 0. The molecule has 2 heterocycles. The van der Waals surface area contributed by atoms with Crippen LogP contribution in [0.3, 0.4) is 0 Å². The molecule has 0 aliphatic carbocycles. The quantitative estimate of drug-likeness (QED) is 0.308. The zero-order valence-electron chi connectivity index (χ0n) is 20.4. The van der Waals surface area contributed by atoms with Crippen molar-refractivity contribution in [3.8, 4) is 28.3 Å². The number of nitrogens with zero attached hydrogens (tertiary/aromatic N) is 1. The van der Waals surface area contributed by atoms with Gasteiger partial charge in [-0.1, -0.05) is 48.5 Å². The van der Waals surface area contributed by atoms with Crippen LogP contribution >= 0.6 is 0 Å². The van der Waals surface area contributed by atoms with Gasteiger partial charge in [-0.25, -0.2) is 8.78 Å². The molecule has 1 aliphatic rings. The number of benzene rings is 3. The summed E-state index contributed by atoms with van der Waals surface area (Å²) in [6.45, 7) is 3.25. The van der Waals surface area contributed by atoms with E-state index in [4.69, 9.17) is 9.47 Å². The number of nitrogens with one attached hydrogen (secondary N) is 1. The summed E-state index contributed by atoms with van der Waals surface area (Å²) in [5.41, 5.74) is 1.85. The molecule has 3 atom stereocenters. The van der Waals surface area contributed by atoms with E-state index < -0.39 is 35.5 Å². The van der Waals surface area contributed by atoms with Gasteiger partial charge in [0.15, 0.2) is 5.82 Å². The van der Waals surface area contributed by atoms with Crippen LogP contribution in [0.1, 0.15) is 25.8 Å². The largest absolute Gasteiger partial charge is 0.459 e. The lowest BCUT2D eigenvalue weighted by Gasteiger charge is -2.31. The van der Waals surface area contributed by atoms with Gasteiger partial charge in [0, 0.05) is 12.5 Å². The van der Waals surface area contributed by atoms with Crippen molar-refractivity contribution in [2.75, 3.05) is 13.2 Å². The SMILES string of the molecule is CC(C)(O)c1ccc(-c2ccc(-c3c(F)cc4[nH]c(O[C@H]5CO[C@H](CO)[C@@H](O)C5)nc4c3F)cc2)cc1. The van der Waals surface area contributed by atoms with Gasteiger partial charge in [-0.15, -0.1) is 0 Å². The first-order chi connectivity index (χ1) is 17.6. The maximum absolute atomic E-state index is 15.5. The van der Waals surface area contributed by atoms with E-state index in [2.05, 4.69) is 9.97 Å². The second-order valence-electron chi connectivity index (χ2n) is 9.80. The Morgan fingerprint density at radius 2 is 1.68 bits per heavy atom. The number of aliphatic hydroxyl groups excluding tert-OH is 2. The van der Waals surface area contributed by atoms with Crippen LogP contribution in [0.2, 0.25) is 0 Å². The summed E-state index contributed by atoms with van der Waals surface area (Å²) in [5.74, 6) is -1.56. The third kappa shape index (κ3) is 5.08. The van der Waals surface area contributed by atoms with Crippen molar-refractivity contribution in [3.05, 3.63) is 71.8 Å². The highest BCUT2D eigenvalue weighted by Crippen LogP contribution is 2.34. The Bertz CT molecular complexity index is 1400. The smallest absolute Gasteiger partial charge is 0.295 e. The van der Waals surface area contributed by atoms with Gasteiger partial charge in [-0.05, 0) is 36.1 Å². The number of aromatic nitrogens is 2. The number of halogens is 2. The van der Waals surface area contributed by atoms with Gasteiger partial charge in [0.25, 0.3) is 6.01 Å². The third-order valence-corrected chi connectivity index (χ3v) is 6.63. The monoisotopic (exact) mass is 510 g/mol. The number of hydrogen-bond acceptors (Lipinski definition) is 6. The van der Waals surface area contributed by atoms with Crippen molar-refractivity contribution >= 4 is 11.0 Å². The van der Waals surface area contributed by atoms with Crippen LogP contribution in [0.25, 0.3) is 33.3 Å². The lowest BCUT2D eigenvalue weighted by Crippen LogP contribution is -2.45. The molecule has 0 bridgehead atoms. The van der Waals surface area contributed by atoms with E-state index in [1.54, 1.807) is 38.1 Å². The van der Waals surface area contributed by atoms with E-state index in [0.717, 1.165) is 16.7 Å². The number of ether oxygens (including phenoxy) is 2. The number of H-pyrrole nitrogens is 1. The summed E-state index contributed by atoms with van der Waals surface area (Å²) in [6, 6.07) is 15.5. The molecule has 0 unspecified atom stereocenters. The molecule has 0 radical (unpaired) electrons. The van der Waals surface area contributed by atoms with Crippen molar-refractivity contribution in [1.82, 2.24) is 9.97 Å². The molecule has 194 valence electrons. The normalized spacial score (nSPS) is 20.4. The molecule has 1 saturated heterocycles. The van der Waals surface area contributed by atoms with Gasteiger partial charge in [0.1, 0.15) is 23.5 Å². The molecule has 9 heteroatoms. The van der Waals surface area contributed by atoms with Gasteiger partial charge in [-0.3, -0.25) is 0 Å². The van der Waals surface area contributed by atoms with Crippen molar-refractivity contribution in [3.63, 3.8) is 0 Å². The molecule has 5 rings (SSSR count). The standard InChI is InChI=1S/C28H28F2N2O5/c1-28(2,35)18-9-7-16(8-10-18)15-3-5-17(6-4-15)24-20(29)12-21-26(25(24)30)32-27(31-21)37-19-11-22(34)23(13-33)36-14-19/h3-10,12,19,22-23,33-35H,11,13-14H2,1-2H3,(H,31,32)/t19-,22+,23-/m1/s1. The first-order valence-electron chi connectivity index (χ1n) is 12.0. The van der Waals surface area contributed by atoms with E-state index in [-0.39, 0.29) is 42.2 Å². The van der Waals surface area contributed by atoms with Crippen molar-refractivity contribution in [2.24, 2.45) is 0 Å². The van der Waals surface area contributed by atoms with Crippen LogP contribution in [0, 0.1) is 11.6 Å². The van der Waals surface area contributed by atoms with Crippen molar-refractivity contribution < 1.29 is 33.6 Å². The van der Waals surface area contributed by atoms with Crippen molar-refractivity contribution in [2.45, 2.75) is 44.2 Å². The number of aliphatic hydroxyl groups is 3. The molecular formula is C28H28F2N2O5. The summed E-state index contributed by atoms with van der Waals surface area (Å²) in [5, 5.41) is 29.4. The highest BCUT2D eigenvalue weighted by atomic mass is 19.1. The fourth-order valence-electron chi connectivity index (χ4n) is 4.52. The Balaban J connectivity index is 1.38. The molecule has 3 aromatic carbocycles. The van der Waals surface area contributed by atoms with Crippen LogP contribution in [-0.4, -0.2) is 56.8 Å². The summed E-state index contributed by atoms with van der Waals surface area (Å²) in [4.78, 5) is 6.94. The number of fused-ring (bicyclic) bond motifs is 1. The predicted molar refractivity (Wildman–Crippen MR) is 134 cm³/mol. The maximum atomic E-state index is 15.5. The lowest BCUT2D eigenvalue weighted by molar-refractivity contribution is -0.131. The predicted octanol–water partition coefficient (Wildman–Crippen LogP) is 4.29. The Labute approximate surface area is 212 Å². The number of rotatable bonds is 6. The Morgan fingerprint density at radius 3 is 2.27 bits per heavy atom. The third-order valence-electron chi connectivity index (χ3n) is 6.63. The molecular weight excluding hydrogens is 482 g/mol. The van der Waals surface area contributed by atoms with E-state index >= 15 is 8.78 Å². The minimum Gasteiger partial charge on any atom is -0.459 e. The molecule has 7 nitrogen and oxygen atoms in total. The molecule has 1 aromatic heterocycles. The minimum atomic E-state index is -0.943. The fourth-order valence-corrected chi connectivity index (χ4v) is 4.52. The first kappa shape index (κ1) is 25.3. The molecule has 1 aliphatic heterocycles. The van der Waals surface area contributed by atoms with Gasteiger partial charge >= 0.3 is 0 Å². The minimum absolute atomic E-state index is 0.0152. The van der Waals surface area contributed by atoms with Gasteiger partial charge in [-0.2, -0.15) is 4.98 Å². The van der Waals surface area contributed by atoms with Gasteiger partial charge in [0.2, 0.25) is 0 Å². The molecule has 4 aromatic rings. The number of imidazole rings is 1. The zero-order chi connectivity index (χ0) is 26.3. The Kier molecular flexibility index (Phi) is 6.72. The van der Waals surface area contributed by atoms with E-state index in [9.17, 15) is 15.3 Å². The Morgan fingerprint density at radius 1 is 1.05 bits per heavy atom. The number of aromatic amines is 1. The second kappa shape index (κ2) is 9.83. The van der Waals surface area contributed by atoms with Crippen LogP contribution in [0.4, 0.5) is 8.78 Å².